The van der Waals surface area contributed by atoms with Crippen LogP contribution in [0.2, 0.25) is 0 Å². The van der Waals surface area contributed by atoms with Crippen LogP contribution in [-0.4, -0.2) is 97.4 Å². The van der Waals surface area contributed by atoms with E-state index in [1.807, 2.05) is 128 Å². The van der Waals surface area contributed by atoms with Crippen molar-refractivity contribution in [2.45, 2.75) is 93.9 Å². The maximum Gasteiger partial charge on any atom is 0.338 e. The quantitative estimate of drug-likeness (QED) is 0.0418. The molecule has 0 aromatic heterocycles. The van der Waals surface area contributed by atoms with E-state index in [2.05, 4.69) is 0 Å². The number of esters is 3. The van der Waals surface area contributed by atoms with E-state index in [0.29, 0.717) is 12.4 Å². The minimum atomic E-state index is -1.41. The zero-order chi connectivity index (χ0) is 53.0. The van der Waals surface area contributed by atoms with Gasteiger partial charge in [0, 0.05) is 0 Å². The SMILES string of the molecule is CCS[C@@H]1O[C@H](COC2O[C@H](COCc3ccccc3)[C@H](OCc3ccccc3)[C@H](OCc3ccccc3)[C@H]2OCc2ccccc2)[C@H](OC(=O)c2ccccc2)[C@H](OC(=O)c2ccccc2)[C@H]1OC(=O)c1ccccc1. The van der Waals surface area contributed by atoms with Crippen LogP contribution in [0, 0.1) is 0 Å². The third kappa shape index (κ3) is 15.4. The van der Waals surface area contributed by atoms with E-state index in [-0.39, 0.29) is 49.7 Å². The van der Waals surface area contributed by atoms with Gasteiger partial charge in [-0.3, -0.25) is 0 Å². The van der Waals surface area contributed by atoms with Gasteiger partial charge >= 0.3 is 17.9 Å². The Morgan fingerprint density at radius 1 is 0.377 bits per heavy atom. The number of thioether (sulfide) groups is 1. The van der Waals surface area contributed by atoms with Crippen LogP contribution in [0.4, 0.5) is 0 Å². The molecule has 0 N–H and O–H groups in total. The Morgan fingerprint density at radius 2 is 0.740 bits per heavy atom. The molecule has 0 radical (unpaired) electrons. The minimum Gasteiger partial charge on any atom is -0.452 e. The zero-order valence-corrected chi connectivity index (χ0v) is 43.5. The van der Waals surface area contributed by atoms with Crippen molar-refractivity contribution in [2.75, 3.05) is 19.0 Å². The lowest BCUT2D eigenvalue weighted by molar-refractivity contribution is -0.335. The number of ether oxygens (including phenoxy) is 10. The van der Waals surface area contributed by atoms with Crippen molar-refractivity contribution in [3.63, 3.8) is 0 Å². The highest BCUT2D eigenvalue weighted by atomic mass is 32.2. The molecule has 77 heavy (non-hydrogen) atoms. The number of benzene rings is 7. The van der Waals surface area contributed by atoms with Gasteiger partial charge in [-0.05, 0) is 64.4 Å². The topological polar surface area (TPSA) is 144 Å². The molecular formula is C63H62O13S. The highest BCUT2D eigenvalue weighted by Crippen LogP contribution is 2.37. The molecule has 0 aliphatic carbocycles. The van der Waals surface area contributed by atoms with Crippen LogP contribution in [0.15, 0.2) is 212 Å². The Bertz CT molecular complexity index is 2850. The van der Waals surface area contributed by atoms with E-state index in [1.54, 1.807) is 91.0 Å². The van der Waals surface area contributed by atoms with Crippen LogP contribution < -0.4 is 0 Å². The van der Waals surface area contributed by atoms with Gasteiger partial charge in [0.2, 0.25) is 0 Å². The Hall–Kier alpha value is -6.98. The number of carbonyl (C=O) groups excluding carboxylic acids is 3. The van der Waals surface area contributed by atoms with Crippen molar-refractivity contribution in [3.05, 3.63) is 251 Å². The second-order valence-electron chi connectivity index (χ2n) is 18.4. The van der Waals surface area contributed by atoms with Crippen molar-refractivity contribution >= 4 is 29.7 Å². The summed E-state index contributed by atoms with van der Waals surface area (Å²) >= 11 is 1.33. The normalized spacial score (nSPS) is 23.1. The molecule has 1 unspecified atom stereocenters. The maximum atomic E-state index is 14.3. The predicted octanol–water partition coefficient (Wildman–Crippen LogP) is 10.9. The van der Waals surface area contributed by atoms with Gasteiger partial charge in [0.25, 0.3) is 0 Å². The lowest BCUT2D eigenvalue weighted by Crippen LogP contribution is -2.64. The third-order valence-electron chi connectivity index (χ3n) is 12.9. The van der Waals surface area contributed by atoms with Crippen molar-refractivity contribution < 1.29 is 61.8 Å². The van der Waals surface area contributed by atoms with Crippen molar-refractivity contribution in [1.29, 1.82) is 0 Å². The van der Waals surface area contributed by atoms with Crippen LogP contribution in [0.25, 0.3) is 0 Å². The molecule has 0 spiro atoms. The average Bonchev–Trinajstić information content (AvgIpc) is 3.48. The summed E-state index contributed by atoms with van der Waals surface area (Å²) in [5, 5.41) is 0. The predicted molar refractivity (Wildman–Crippen MR) is 289 cm³/mol. The fourth-order valence-electron chi connectivity index (χ4n) is 9.08. The number of carbonyl (C=O) groups is 3. The molecule has 2 fully saturated rings. The van der Waals surface area contributed by atoms with Crippen molar-refractivity contribution in [1.82, 2.24) is 0 Å². The van der Waals surface area contributed by atoms with E-state index >= 15 is 0 Å². The molecule has 10 atom stereocenters. The van der Waals surface area contributed by atoms with E-state index < -0.39 is 78.5 Å². The molecule has 0 amide bonds. The largest absolute Gasteiger partial charge is 0.452 e. The summed E-state index contributed by atoms with van der Waals surface area (Å²) in [7, 11) is 0. The Balaban J connectivity index is 1.09. The maximum absolute atomic E-state index is 14.3. The first-order chi connectivity index (χ1) is 37.9. The third-order valence-corrected chi connectivity index (χ3v) is 14.0. The zero-order valence-electron chi connectivity index (χ0n) is 42.6. The van der Waals surface area contributed by atoms with E-state index in [1.165, 1.54) is 11.8 Å². The Labute approximate surface area is 453 Å². The lowest BCUT2D eigenvalue weighted by Gasteiger charge is -2.47. The average molecular weight is 1060 g/mol. The molecule has 398 valence electrons. The summed E-state index contributed by atoms with van der Waals surface area (Å²) in [5.41, 5.74) is 3.50. The standard InChI is InChI=1S/C63H62O13S/c1-2-77-63-58(76-61(66)50-36-22-9-23-37-50)56(75-60(65)49-34-20-8-21-35-49)54(74-59(64)48-32-18-7-19-33-48)52(73-63)43-71-62-57(70-41-47-30-16-6-17-31-47)55(69-40-46-28-14-5-15-29-46)53(68-39-45-26-12-4-13-27-45)51(72-62)42-67-38-44-24-10-3-11-25-44/h3-37,51-58,62-63H,2,38-43H2,1H3/t51-,52-,53+,54+,55+,56+,57-,58-,62?,63+/m1/s1. The summed E-state index contributed by atoms with van der Waals surface area (Å²) in [6, 6.07) is 64.6. The van der Waals surface area contributed by atoms with Crippen LogP contribution >= 0.6 is 11.8 Å². The molecule has 2 heterocycles. The van der Waals surface area contributed by atoms with E-state index in [4.69, 9.17) is 47.4 Å². The second-order valence-corrected chi connectivity index (χ2v) is 19.7. The number of hydrogen-bond donors (Lipinski definition) is 0. The van der Waals surface area contributed by atoms with Crippen LogP contribution in [0.5, 0.6) is 0 Å². The second kappa shape index (κ2) is 28.4. The van der Waals surface area contributed by atoms with Gasteiger partial charge in [0.05, 0.1) is 56.3 Å². The first-order valence-corrected chi connectivity index (χ1v) is 26.9. The summed E-state index contributed by atoms with van der Waals surface area (Å²) in [6.07, 6.45) is -9.77. The molecule has 0 bridgehead atoms. The van der Waals surface area contributed by atoms with E-state index in [0.717, 1.165) is 22.3 Å². The van der Waals surface area contributed by atoms with Gasteiger partial charge < -0.3 is 47.4 Å². The molecular weight excluding hydrogens is 997 g/mol. The molecule has 9 rings (SSSR count). The molecule has 2 saturated heterocycles. The van der Waals surface area contributed by atoms with Gasteiger partial charge in [-0.15, -0.1) is 11.8 Å². The first-order valence-electron chi connectivity index (χ1n) is 25.8. The monoisotopic (exact) mass is 1060 g/mol. The molecule has 2 aliphatic rings. The number of rotatable bonds is 24. The summed E-state index contributed by atoms with van der Waals surface area (Å²) < 4.78 is 67.2. The van der Waals surface area contributed by atoms with Gasteiger partial charge in [-0.25, -0.2) is 14.4 Å². The fourth-order valence-corrected chi connectivity index (χ4v) is 10.0. The molecule has 13 nitrogen and oxygen atoms in total. The van der Waals surface area contributed by atoms with Gasteiger partial charge in [-0.2, -0.15) is 0 Å². The van der Waals surface area contributed by atoms with Gasteiger partial charge in [0.1, 0.15) is 36.0 Å². The van der Waals surface area contributed by atoms with Crippen molar-refractivity contribution in [2.24, 2.45) is 0 Å². The first kappa shape index (κ1) is 54.8. The number of hydrogen-bond acceptors (Lipinski definition) is 14. The molecule has 7 aromatic rings. The summed E-state index contributed by atoms with van der Waals surface area (Å²) in [5.74, 6) is -1.66. The minimum absolute atomic E-state index is 0.0727. The Morgan fingerprint density at radius 3 is 1.18 bits per heavy atom. The Kier molecular flexibility index (Phi) is 20.2. The summed E-state index contributed by atoms with van der Waals surface area (Å²) in [4.78, 5) is 42.6. The lowest BCUT2D eigenvalue weighted by atomic mass is 9.97. The molecule has 2 aliphatic heterocycles. The van der Waals surface area contributed by atoms with E-state index in [9.17, 15) is 14.4 Å². The molecule has 14 heteroatoms. The molecule has 7 aromatic carbocycles. The van der Waals surface area contributed by atoms with Crippen LogP contribution in [0.1, 0.15) is 60.3 Å². The molecule has 0 saturated carbocycles. The van der Waals surface area contributed by atoms with Crippen LogP contribution in [-0.2, 0) is 73.8 Å². The van der Waals surface area contributed by atoms with Crippen LogP contribution in [0.3, 0.4) is 0 Å². The van der Waals surface area contributed by atoms with Gasteiger partial charge in [-0.1, -0.05) is 183 Å². The highest BCUT2D eigenvalue weighted by molar-refractivity contribution is 7.99. The highest BCUT2D eigenvalue weighted by Gasteiger charge is 2.54. The fraction of sp³-hybridized carbons (Fsp3) is 0.286. The smallest absolute Gasteiger partial charge is 0.338 e. The van der Waals surface area contributed by atoms with Gasteiger partial charge in [0.15, 0.2) is 24.6 Å². The summed E-state index contributed by atoms with van der Waals surface area (Å²) in [6.45, 7) is 2.57. The van der Waals surface area contributed by atoms with Crippen molar-refractivity contribution in [3.8, 4) is 0 Å².